The van der Waals surface area contributed by atoms with Gasteiger partial charge in [0.2, 0.25) is 5.78 Å². The molecule has 0 saturated carbocycles. The van der Waals surface area contributed by atoms with Gasteiger partial charge in [-0.25, -0.2) is 0 Å². The SMILES string of the molecule is CC.Cc1ccc(C(C)C)cc1CCCCC(=O)C#N. The number of hydrogen-bond donors (Lipinski definition) is 0. The van der Waals surface area contributed by atoms with Gasteiger partial charge in [-0.15, -0.1) is 0 Å². The Kier molecular flexibility index (Phi) is 9.38. The average molecular weight is 273 g/mol. The molecule has 20 heavy (non-hydrogen) atoms. The predicted molar refractivity (Wildman–Crippen MR) is 84.8 cm³/mol. The van der Waals surface area contributed by atoms with E-state index in [0.717, 1.165) is 19.3 Å². The van der Waals surface area contributed by atoms with Crippen molar-refractivity contribution in [1.82, 2.24) is 0 Å². The number of ketones is 1. The maximum Gasteiger partial charge on any atom is 0.231 e. The molecule has 0 aliphatic carbocycles. The molecule has 0 heterocycles. The number of nitrogens with zero attached hydrogens (tertiary/aromatic N) is 1. The Labute approximate surface area is 123 Å². The Balaban J connectivity index is 0.00000172. The van der Waals surface area contributed by atoms with Crippen molar-refractivity contribution in [2.24, 2.45) is 0 Å². The summed E-state index contributed by atoms with van der Waals surface area (Å²) in [7, 11) is 0. The minimum Gasteiger partial charge on any atom is -0.283 e. The quantitative estimate of drug-likeness (QED) is 0.543. The van der Waals surface area contributed by atoms with Crippen LogP contribution in [-0.2, 0) is 11.2 Å². The number of benzene rings is 1. The summed E-state index contributed by atoms with van der Waals surface area (Å²) in [6.07, 6.45) is 3.15. The molecule has 0 aliphatic heterocycles. The summed E-state index contributed by atoms with van der Waals surface area (Å²) in [4.78, 5) is 10.9. The molecule has 0 unspecified atom stereocenters. The second-order valence-corrected chi connectivity index (χ2v) is 5.08. The van der Waals surface area contributed by atoms with Crippen molar-refractivity contribution in [2.75, 3.05) is 0 Å². The Morgan fingerprint density at radius 3 is 2.45 bits per heavy atom. The second kappa shape index (κ2) is 10.2. The average Bonchev–Trinajstić information content (AvgIpc) is 2.46. The number of carbonyl (C=O) groups is 1. The van der Waals surface area contributed by atoms with E-state index in [9.17, 15) is 4.79 Å². The molecule has 2 heteroatoms. The molecule has 0 spiro atoms. The number of rotatable bonds is 6. The summed E-state index contributed by atoms with van der Waals surface area (Å²) < 4.78 is 0. The zero-order chi connectivity index (χ0) is 15.5. The lowest BCUT2D eigenvalue weighted by atomic mass is 9.95. The number of Topliss-reactive ketones (excluding diaryl/α,β-unsaturated/α-hetero) is 1. The van der Waals surface area contributed by atoms with Gasteiger partial charge in [-0.1, -0.05) is 45.9 Å². The van der Waals surface area contributed by atoms with Crippen LogP contribution in [0, 0.1) is 18.3 Å². The van der Waals surface area contributed by atoms with Crippen molar-refractivity contribution >= 4 is 5.78 Å². The first-order valence-electron chi connectivity index (χ1n) is 7.57. The first-order valence-corrected chi connectivity index (χ1v) is 7.57. The van der Waals surface area contributed by atoms with Crippen LogP contribution in [0.15, 0.2) is 18.2 Å². The van der Waals surface area contributed by atoms with Crippen LogP contribution < -0.4 is 0 Å². The van der Waals surface area contributed by atoms with Gasteiger partial charge in [0.25, 0.3) is 0 Å². The number of carbonyl (C=O) groups excluding carboxylic acids is 1. The van der Waals surface area contributed by atoms with E-state index < -0.39 is 0 Å². The highest BCUT2D eigenvalue weighted by atomic mass is 16.1. The molecule has 0 saturated heterocycles. The topological polar surface area (TPSA) is 40.9 Å². The molecule has 0 aliphatic rings. The normalized spacial score (nSPS) is 9.65. The van der Waals surface area contributed by atoms with Crippen LogP contribution in [-0.4, -0.2) is 5.78 Å². The number of nitriles is 1. The molecule has 0 radical (unpaired) electrons. The van der Waals surface area contributed by atoms with Crippen molar-refractivity contribution in [3.63, 3.8) is 0 Å². The van der Waals surface area contributed by atoms with Gasteiger partial charge in [0, 0.05) is 6.42 Å². The van der Waals surface area contributed by atoms with Gasteiger partial charge >= 0.3 is 0 Å². The van der Waals surface area contributed by atoms with Gasteiger partial charge in [-0.3, -0.25) is 4.79 Å². The molecule has 0 atom stereocenters. The molecule has 1 aromatic rings. The molecule has 1 aromatic carbocycles. The van der Waals surface area contributed by atoms with Crippen LogP contribution in [0.3, 0.4) is 0 Å². The van der Waals surface area contributed by atoms with Gasteiger partial charge in [-0.05, 0) is 48.8 Å². The first-order chi connectivity index (χ1) is 9.54. The molecular weight excluding hydrogens is 246 g/mol. The summed E-state index contributed by atoms with van der Waals surface area (Å²) in [5, 5.41) is 8.39. The summed E-state index contributed by atoms with van der Waals surface area (Å²) in [6, 6.07) is 8.29. The van der Waals surface area contributed by atoms with Gasteiger partial charge < -0.3 is 0 Å². The van der Waals surface area contributed by atoms with Crippen molar-refractivity contribution < 1.29 is 4.79 Å². The zero-order valence-electron chi connectivity index (χ0n) is 13.5. The smallest absolute Gasteiger partial charge is 0.231 e. The maximum absolute atomic E-state index is 10.9. The molecule has 110 valence electrons. The lowest BCUT2D eigenvalue weighted by molar-refractivity contribution is -0.114. The Morgan fingerprint density at radius 2 is 1.90 bits per heavy atom. The minimum atomic E-state index is -0.303. The van der Waals surface area contributed by atoms with Crippen molar-refractivity contribution in [2.45, 2.75) is 66.2 Å². The predicted octanol–water partition coefficient (Wildman–Crippen LogP) is 4.95. The molecule has 0 bridgehead atoms. The standard InChI is InChI=1S/C16H21NO.C2H6/c1-12(2)14-9-8-13(3)15(10-14)6-4-5-7-16(18)11-17;1-2/h8-10,12H,4-7H2,1-3H3;1-2H3. The summed E-state index contributed by atoms with van der Waals surface area (Å²) in [5.74, 6) is 0.243. The van der Waals surface area contributed by atoms with Crippen LogP contribution in [0.2, 0.25) is 0 Å². The van der Waals surface area contributed by atoms with Crippen LogP contribution in [0.5, 0.6) is 0 Å². The molecule has 0 aromatic heterocycles. The third-order valence-electron chi connectivity index (χ3n) is 3.26. The highest BCUT2D eigenvalue weighted by Gasteiger charge is 2.04. The van der Waals surface area contributed by atoms with Crippen molar-refractivity contribution in [3.8, 4) is 6.07 Å². The fraction of sp³-hybridized carbons (Fsp3) is 0.556. The Morgan fingerprint density at radius 1 is 1.25 bits per heavy atom. The Bertz CT molecular complexity index is 455. The van der Waals surface area contributed by atoms with Gasteiger partial charge in [0.1, 0.15) is 6.07 Å². The van der Waals surface area contributed by atoms with Crippen LogP contribution in [0.4, 0.5) is 0 Å². The van der Waals surface area contributed by atoms with E-state index in [1.54, 1.807) is 6.07 Å². The first kappa shape index (κ1) is 18.4. The third-order valence-corrected chi connectivity index (χ3v) is 3.26. The number of hydrogen-bond acceptors (Lipinski definition) is 2. The van der Waals surface area contributed by atoms with Gasteiger partial charge in [0.15, 0.2) is 0 Å². The lowest BCUT2D eigenvalue weighted by Gasteiger charge is -2.11. The maximum atomic E-state index is 10.9. The largest absolute Gasteiger partial charge is 0.283 e. The number of aryl methyl sites for hydroxylation is 2. The molecule has 0 N–H and O–H groups in total. The van der Waals surface area contributed by atoms with Crippen molar-refractivity contribution in [1.29, 1.82) is 5.26 Å². The van der Waals surface area contributed by atoms with E-state index in [4.69, 9.17) is 5.26 Å². The zero-order valence-corrected chi connectivity index (χ0v) is 13.5. The van der Waals surface area contributed by atoms with E-state index in [-0.39, 0.29) is 5.78 Å². The van der Waals surface area contributed by atoms with Crippen molar-refractivity contribution in [3.05, 3.63) is 34.9 Å². The Hall–Kier alpha value is -1.62. The molecule has 0 amide bonds. The van der Waals surface area contributed by atoms with Crippen LogP contribution >= 0.6 is 0 Å². The molecule has 1 rings (SSSR count). The summed E-state index contributed by atoms with van der Waals surface area (Å²) in [6.45, 7) is 10.5. The van der Waals surface area contributed by atoms with Gasteiger partial charge in [0.05, 0.1) is 0 Å². The fourth-order valence-electron chi connectivity index (χ4n) is 1.98. The summed E-state index contributed by atoms with van der Waals surface area (Å²) in [5.41, 5.74) is 4.04. The second-order valence-electron chi connectivity index (χ2n) is 5.08. The fourth-order valence-corrected chi connectivity index (χ4v) is 1.98. The highest BCUT2D eigenvalue weighted by Crippen LogP contribution is 2.20. The van der Waals surface area contributed by atoms with E-state index in [1.807, 2.05) is 13.8 Å². The third kappa shape index (κ3) is 6.52. The van der Waals surface area contributed by atoms with E-state index in [0.29, 0.717) is 12.3 Å². The van der Waals surface area contributed by atoms with E-state index >= 15 is 0 Å². The van der Waals surface area contributed by atoms with E-state index in [2.05, 4.69) is 39.0 Å². The van der Waals surface area contributed by atoms with Gasteiger partial charge in [-0.2, -0.15) is 5.26 Å². The molecular formula is C18H27NO. The van der Waals surface area contributed by atoms with Crippen LogP contribution in [0.25, 0.3) is 0 Å². The lowest BCUT2D eigenvalue weighted by Crippen LogP contribution is -1.97. The van der Waals surface area contributed by atoms with Crippen LogP contribution in [0.1, 0.15) is 69.6 Å². The monoisotopic (exact) mass is 273 g/mol. The molecule has 0 fully saturated rings. The minimum absolute atomic E-state index is 0.303. The highest BCUT2D eigenvalue weighted by molar-refractivity contribution is 5.93. The van der Waals surface area contributed by atoms with E-state index in [1.165, 1.54) is 16.7 Å². The molecule has 2 nitrogen and oxygen atoms in total. The summed E-state index contributed by atoms with van der Waals surface area (Å²) >= 11 is 0. The number of unbranched alkanes of at least 4 members (excludes halogenated alkanes) is 1.